The maximum absolute atomic E-state index is 15.1. The number of hydrogen-bond acceptors (Lipinski definition) is 3. The summed E-state index contributed by atoms with van der Waals surface area (Å²) < 4.78 is 20.2. The molecular weight excluding hydrogens is 438 g/mol. The summed E-state index contributed by atoms with van der Waals surface area (Å²) in [6, 6.07) is 15.5. The van der Waals surface area contributed by atoms with Gasteiger partial charge in [-0.25, -0.2) is 4.39 Å². The Morgan fingerprint density at radius 1 is 1.06 bits per heavy atom. The second kappa shape index (κ2) is 11.1. The molecule has 3 aromatic carbocycles. The predicted molar refractivity (Wildman–Crippen MR) is 126 cm³/mol. The van der Waals surface area contributed by atoms with Crippen LogP contribution in [0.1, 0.15) is 41.3 Å². The van der Waals surface area contributed by atoms with E-state index in [1.165, 1.54) is 25.3 Å². The van der Waals surface area contributed by atoms with Crippen LogP contribution in [-0.4, -0.2) is 19.6 Å². The summed E-state index contributed by atoms with van der Waals surface area (Å²) in [6.45, 7) is 4.27. The molecule has 31 heavy (non-hydrogen) atoms. The van der Waals surface area contributed by atoms with Gasteiger partial charge in [0.15, 0.2) is 11.6 Å². The van der Waals surface area contributed by atoms with Crippen molar-refractivity contribution in [2.45, 2.75) is 19.8 Å². The molecule has 0 aliphatic rings. The van der Waals surface area contributed by atoms with Gasteiger partial charge in [0.1, 0.15) is 0 Å². The molecule has 0 bridgehead atoms. The van der Waals surface area contributed by atoms with Crippen LogP contribution in [0.2, 0.25) is 10.0 Å². The molecule has 3 rings (SSSR count). The monoisotopic (exact) mass is 462 g/mol. The highest BCUT2D eigenvalue weighted by Crippen LogP contribution is 2.41. The number of benzene rings is 3. The van der Waals surface area contributed by atoms with Gasteiger partial charge >= 0.3 is 0 Å². The third kappa shape index (κ3) is 5.18. The molecule has 4 N–H and O–H groups in total. The number of ether oxygens (including phenoxy) is 1. The molecular formula is C24H25Cl2FN2O2. The third-order valence-corrected chi connectivity index (χ3v) is 5.40. The minimum Gasteiger partial charge on any atom is -0.494 e. The molecule has 0 aliphatic carbocycles. The first-order valence-electron chi connectivity index (χ1n) is 9.79. The highest BCUT2D eigenvalue weighted by atomic mass is 35.5. The number of nitrogens with two attached hydrogens (primary N) is 2. The molecule has 7 heteroatoms. The average molecular weight is 463 g/mol. The molecule has 164 valence electrons. The van der Waals surface area contributed by atoms with Gasteiger partial charge in [-0.2, -0.15) is 0 Å². The first-order valence-corrected chi connectivity index (χ1v) is 10.5. The highest BCUT2D eigenvalue weighted by molar-refractivity contribution is 6.37. The van der Waals surface area contributed by atoms with E-state index in [9.17, 15) is 4.79 Å². The molecule has 0 saturated carbocycles. The van der Waals surface area contributed by atoms with Crippen LogP contribution in [0.4, 0.5) is 4.39 Å². The first-order chi connectivity index (χ1) is 14.9. The Kier molecular flexibility index (Phi) is 8.87. The Morgan fingerprint density at radius 2 is 1.71 bits per heavy atom. The lowest BCUT2D eigenvalue weighted by Gasteiger charge is -2.20. The summed E-state index contributed by atoms with van der Waals surface area (Å²) in [7, 11) is 1.33. The lowest BCUT2D eigenvalue weighted by atomic mass is 9.88. The van der Waals surface area contributed by atoms with Crippen molar-refractivity contribution in [2.24, 2.45) is 11.5 Å². The third-order valence-electron chi connectivity index (χ3n) is 4.76. The Bertz CT molecular complexity index is 1060. The molecule has 0 radical (unpaired) electrons. The van der Waals surface area contributed by atoms with E-state index in [4.69, 9.17) is 39.4 Å². The number of methoxy groups -OCH3 is 1. The maximum atomic E-state index is 15.1. The van der Waals surface area contributed by atoms with Crippen molar-refractivity contribution in [3.63, 3.8) is 0 Å². The van der Waals surface area contributed by atoms with Crippen LogP contribution in [0.5, 0.6) is 5.75 Å². The molecule has 1 unspecified atom stereocenters. The normalized spacial score (nSPS) is 11.3. The number of primary amides is 1. The van der Waals surface area contributed by atoms with Gasteiger partial charge in [0.25, 0.3) is 0 Å². The molecule has 0 aliphatic heterocycles. The molecule has 0 aromatic heterocycles. The van der Waals surface area contributed by atoms with Crippen LogP contribution < -0.4 is 16.2 Å². The fourth-order valence-electron chi connectivity index (χ4n) is 3.34. The topological polar surface area (TPSA) is 78.3 Å². The van der Waals surface area contributed by atoms with Gasteiger partial charge in [-0.05, 0) is 35.4 Å². The van der Waals surface area contributed by atoms with Gasteiger partial charge in [-0.1, -0.05) is 67.4 Å². The van der Waals surface area contributed by atoms with Crippen molar-refractivity contribution in [2.75, 3.05) is 13.7 Å². The largest absolute Gasteiger partial charge is 0.494 e. The van der Waals surface area contributed by atoms with Gasteiger partial charge in [0, 0.05) is 28.6 Å². The lowest BCUT2D eigenvalue weighted by molar-refractivity contribution is 0.100. The number of carbonyl (C=O) groups excluding carboxylic acids is 1. The van der Waals surface area contributed by atoms with Gasteiger partial charge in [0.05, 0.1) is 17.7 Å². The summed E-state index contributed by atoms with van der Waals surface area (Å²) in [6.07, 6.45) is 0. The van der Waals surface area contributed by atoms with Crippen molar-refractivity contribution in [1.82, 2.24) is 0 Å². The molecule has 1 atom stereocenters. The molecule has 0 fully saturated rings. The minimum absolute atomic E-state index is 0.0116. The zero-order valence-corrected chi connectivity index (χ0v) is 19.1. The highest BCUT2D eigenvalue weighted by Gasteiger charge is 2.24. The van der Waals surface area contributed by atoms with Crippen LogP contribution in [-0.2, 0) is 0 Å². The molecule has 0 saturated heterocycles. The van der Waals surface area contributed by atoms with Crippen LogP contribution >= 0.6 is 23.2 Å². The van der Waals surface area contributed by atoms with Gasteiger partial charge in [-0.15, -0.1) is 0 Å². The maximum Gasteiger partial charge on any atom is 0.249 e. The van der Waals surface area contributed by atoms with E-state index in [0.29, 0.717) is 10.6 Å². The number of carbonyl (C=O) groups is 1. The number of amides is 1. The number of hydrogen-bond donors (Lipinski definition) is 2. The van der Waals surface area contributed by atoms with Crippen LogP contribution in [0.25, 0.3) is 11.1 Å². The SMILES string of the molecule is CC.COc1ccc(C(N)=O)c(-c2cc(C(CN)c3ccccc3)c(Cl)cc2Cl)c1F. The van der Waals surface area contributed by atoms with Crippen molar-refractivity contribution in [3.8, 4) is 16.9 Å². The van der Waals surface area contributed by atoms with Crippen LogP contribution in [0.3, 0.4) is 0 Å². The standard InChI is InChI=1S/C22H19Cl2FN2O2.C2H6/c1-29-19-8-7-13(22(27)28)20(21(19)25)15-9-14(17(23)10-18(15)24)16(11-26)12-5-3-2-4-6-12;1-2/h2-10,16H,11,26H2,1H3,(H2,27,28);1-2H3. The summed E-state index contributed by atoms with van der Waals surface area (Å²) >= 11 is 12.9. The molecule has 0 heterocycles. The summed E-state index contributed by atoms with van der Waals surface area (Å²) in [5.41, 5.74) is 13.3. The van der Waals surface area contributed by atoms with E-state index in [-0.39, 0.29) is 39.9 Å². The van der Waals surface area contributed by atoms with Crippen LogP contribution in [0, 0.1) is 5.82 Å². The fourth-order valence-corrected chi connectivity index (χ4v) is 3.94. The minimum atomic E-state index is -0.785. The summed E-state index contributed by atoms with van der Waals surface area (Å²) in [5.74, 6) is -1.79. The van der Waals surface area contributed by atoms with Crippen LogP contribution in [0.15, 0.2) is 54.6 Å². The van der Waals surface area contributed by atoms with E-state index >= 15 is 4.39 Å². The smallest absolute Gasteiger partial charge is 0.249 e. The summed E-state index contributed by atoms with van der Waals surface area (Å²) in [5, 5.41) is 0.569. The predicted octanol–water partition coefficient (Wildman–Crippen LogP) is 6.02. The van der Waals surface area contributed by atoms with Gasteiger partial charge in [0.2, 0.25) is 5.91 Å². The average Bonchev–Trinajstić information content (AvgIpc) is 2.78. The Morgan fingerprint density at radius 3 is 2.26 bits per heavy atom. The molecule has 1 amide bonds. The quantitative estimate of drug-likeness (QED) is 0.469. The van der Waals surface area contributed by atoms with E-state index in [1.54, 1.807) is 6.07 Å². The van der Waals surface area contributed by atoms with E-state index < -0.39 is 11.7 Å². The zero-order chi connectivity index (χ0) is 23.1. The Balaban J connectivity index is 0.00000166. The zero-order valence-electron chi connectivity index (χ0n) is 17.6. The molecule has 3 aromatic rings. The molecule has 0 spiro atoms. The van der Waals surface area contributed by atoms with Gasteiger partial charge in [-0.3, -0.25) is 4.79 Å². The Labute approximate surface area is 191 Å². The van der Waals surface area contributed by atoms with Crippen molar-refractivity contribution < 1.29 is 13.9 Å². The fraction of sp³-hybridized carbons (Fsp3) is 0.208. The van der Waals surface area contributed by atoms with E-state index in [2.05, 4.69) is 0 Å². The number of halogens is 3. The first kappa shape index (κ1) is 24.7. The van der Waals surface area contributed by atoms with Crippen molar-refractivity contribution in [3.05, 3.63) is 87.2 Å². The van der Waals surface area contributed by atoms with Crippen molar-refractivity contribution in [1.29, 1.82) is 0 Å². The number of rotatable bonds is 6. The van der Waals surface area contributed by atoms with E-state index in [1.807, 2.05) is 44.2 Å². The second-order valence-corrected chi connectivity index (χ2v) is 7.24. The second-order valence-electron chi connectivity index (χ2n) is 6.42. The Hall–Kier alpha value is -2.60. The van der Waals surface area contributed by atoms with Crippen molar-refractivity contribution >= 4 is 29.1 Å². The summed E-state index contributed by atoms with van der Waals surface area (Å²) in [4.78, 5) is 11.9. The lowest BCUT2D eigenvalue weighted by Crippen LogP contribution is -2.15. The van der Waals surface area contributed by atoms with E-state index in [0.717, 1.165) is 5.56 Å². The van der Waals surface area contributed by atoms with Gasteiger partial charge < -0.3 is 16.2 Å². The molecule has 4 nitrogen and oxygen atoms in total.